The molecule has 0 fully saturated rings. The summed E-state index contributed by atoms with van der Waals surface area (Å²) >= 11 is 0. The summed E-state index contributed by atoms with van der Waals surface area (Å²) in [5, 5.41) is 0. The van der Waals surface area contributed by atoms with Crippen molar-refractivity contribution in [2.45, 2.75) is 65.3 Å². The van der Waals surface area contributed by atoms with E-state index in [-0.39, 0.29) is 0 Å². The molecular weight excluding hydrogens is 230 g/mol. The van der Waals surface area contributed by atoms with Gasteiger partial charge in [-0.05, 0) is 25.1 Å². The van der Waals surface area contributed by atoms with E-state index in [0.717, 1.165) is 13.1 Å². The molecule has 0 bridgehead atoms. The average Bonchev–Trinajstić information content (AvgIpc) is 2.46. The highest BCUT2D eigenvalue weighted by Crippen LogP contribution is 2.09. The summed E-state index contributed by atoms with van der Waals surface area (Å²) in [6, 6.07) is 10.8. The predicted molar refractivity (Wildman–Crippen MR) is 85.4 cm³/mol. The first kappa shape index (κ1) is 16.2. The minimum atomic E-state index is 1.10. The van der Waals surface area contributed by atoms with Crippen molar-refractivity contribution in [1.29, 1.82) is 0 Å². The van der Waals surface area contributed by atoms with Crippen molar-refractivity contribution in [2.75, 3.05) is 13.1 Å². The van der Waals surface area contributed by atoms with Crippen LogP contribution in [-0.2, 0) is 6.54 Å². The average molecular weight is 261 g/mol. The van der Waals surface area contributed by atoms with Crippen LogP contribution in [0.15, 0.2) is 30.3 Å². The van der Waals surface area contributed by atoms with Gasteiger partial charge in [0, 0.05) is 6.54 Å². The second-order valence-corrected chi connectivity index (χ2v) is 5.48. The molecule has 0 amide bonds. The fourth-order valence-electron chi connectivity index (χ4n) is 2.48. The summed E-state index contributed by atoms with van der Waals surface area (Å²) in [5.74, 6) is 0. The summed E-state index contributed by atoms with van der Waals surface area (Å²) in [4.78, 5) is 2.56. The van der Waals surface area contributed by atoms with E-state index in [2.05, 4.69) is 49.1 Å². The third-order valence-corrected chi connectivity index (χ3v) is 3.77. The van der Waals surface area contributed by atoms with Gasteiger partial charge in [-0.2, -0.15) is 0 Å². The summed E-state index contributed by atoms with van der Waals surface area (Å²) in [7, 11) is 0. The Labute approximate surface area is 120 Å². The summed E-state index contributed by atoms with van der Waals surface area (Å²) in [6.07, 6.45) is 9.79. The molecule has 0 aliphatic heterocycles. The first-order valence-corrected chi connectivity index (χ1v) is 8.13. The van der Waals surface area contributed by atoms with Crippen LogP contribution in [0.2, 0.25) is 0 Å². The topological polar surface area (TPSA) is 3.24 Å². The predicted octanol–water partition coefficient (Wildman–Crippen LogP) is 5.26. The number of hydrogen-bond donors (Lipinski definition) is 0. The van der Waals surface area contributed by atoms with Crippen LogP contribution >= 0.6 is 0 Å². The molecule has 108 valence electrons. The van der Waals surface area contributed by atoms with Crippen LogP contribution in [0.25, 0.3) is 0 Å². The third-order valence-electron chi connectivity index (χ3n) is 3.77. The Morgan fingerprint density at radius 3 is 2.05 bits per heavy atom. The lowest BCUT2D eigenvalue weighted by molar-refractivity contribution is 0.272. The summed E-state index contributed by atoms with van der Waals surface area (Å²) < 4.78 is 0. The highest BCUT2D eigenvalue weighted by atomic mass is 15.1. The van der Waals surface area contributed by atoms with Crippen molar-refractivity contribution in [3.8, 4) is 0 Å². The first-order valence-electron chi connectivity index (χ1n) is 8.13. The molecule has 0 radical (unpaired) electrons. The third kappa shape index (κ3) is 8.05. The van der Waals surface area contributed by atoms with Gasteiger partial charge in [0.1, 0.15) is 0 Å². The maximum atomic E-state index is 2.56. The van der Waals surface area contributed by atoms with Gasteiger partial charge in [0.2, 0.25) is 0 Å². The molecule has 0 saturated heterocycles. The van der Waals surface area contributed by atoms with Crippen LogP contribution in [0.4, 0.5) is 0 Å². The van der Waals surface area contributed by atoms with Gasteiger partial charge in [0.15, 0.2) is 0 Å². The Kier molecular flexibility index (Phi) is 9.44. The first-order chi connectivity index (χ1) is 9.36. The molecule has 0 aliphatic rings. The van der Waals surface area contributed by atoms with Crippen LogP contribution in [0.5, 0.6) is 0 Å². The molecule has 0 aromatic heterocycles. The Morgan fingerprint density at radius 1 is 0.789 bits per heavy atom. The van der Waals surface area contributed by atoms with Gasteiger partial charge in [0.05, 0.1) is 0 Å². The SMILES string of the molecule is CCCCCCCCCN(CC)Cc1ccccc1. The monoisotopic (exact) mass is 261 g/mol. The van der Waals surface area contributed by atoms with Gasteiger partial charge in [0.25, 0.3) is 0 Å². The van der Waals surface area contributed by atoms with Crippen molar-refractivity contribution < 1.29 is 0 Å². The molecule has 0 saturated carbocycles. The van der Waals surface area contributed by atoms with Gasteiger partial charge in [-0.1, -0.05) is 82.7 Å². The van der Waals surface area contributed by atoms with E-state index in [0.29, 0.717) is 0 Å². The van der Waals surface area contributed by atoms with Crippen LogP contribution < -0.4 is 0 Å². The van der Waals surface area contributed by atoms with Gasteiger partial charge >= 0.3 is 0 Å². The lowest BCUT2D eigenvalue weighted by atomic mass is 10.1. The molecule has 19 heavy (non-hydrogen) atoms. The van der Waals surface area contributed by atoms with E-state index in [4.69, 9.17) is 0 Å². The Bertz CT molecular complexity index is 294. The second-order valence-electron chi connectivity index (χ2n) is 5.48. The molecule has 0 unspecified atom stereocenters. The molecule has 1 aromatic carbocycles. The van der Waals surface area contributed by atoms with E-state index < -0.39 is 0 Å². The highest BCUT2D eigenvalue weighted by Gasteiger charge is 2.02. The molecule has 1 nitrogen and oxygen atoms in total. The Hall–Kier alpha value is -0.820. The second kappa shape index (κ2) is 11.0. The molecule has 1 heteroatoms. The number of hydrogen-bond acceptors (Lipinski definition) is 1. The van der Waals surface area contributed by atoms with Crippen molar-refractivity contribution in [3.05, 3.63) is 35.9 Å². The van der Waals surface area contributed by atoms with Crippen LogP contribution in [0, 0.1) is 0 Å². The fraction of sp³-hybridized carbons (Fsp3) is 0.667. The number of rotatable bonds is 11. The highest BCUT2D eigenvalue weighted by molar-refractivity contribution is 5.14. The van der Waals surface area contributed by atoms with Crippen molar-refractivity contribution in [3.63, 3.8) is 0 Å². The van der Waals surface area contributed by atoms with E-state index in [1.807, 2.05) is 0 Å². The number of nitrogens with zero attached hydrogens (tertiary/aromatic N) is 1. The molecule has 1 aromatic rings. The van der Waals surface area contributed by atoms with Crippen LogP contribution in [0.3, 0.4) is 0 Å². The van der Waals surface area contributed by atoms with Gasteiger partial charge in [-0.25, -0.2) is 0 Å². The summed E-state index contributed by atoms with van der Waals surface area (Å²) in [5.41, 5.74) is 1.44. The van der Waals surface area contributed by atoms with E-state index in [1.165, 1.54) is 57.1 Å². The lowest BCUT2D eigenvalue weighted by Gasteiger charge is -2.20. The quantitative estimate of drug-likeness (QED) is 0.491. The normalized spacial score (nSPS) is 11.1. The van der Waals surface area contributed by atoms with E-state index in [9.17, 15) is 0 Å². The Balaban J connectivity index is 2.09. The standard InChI is InChI=1S/C18H31N/c1-3-5-6-7-8-9-13-16-19(4-2)17-18-14-11-10-12-15-18/h10-12,14-15H,3-9,13,16-17H2,1-2H3. The van der Waals surface area contributed by atoms with E-state index in [1.54, 1.807) is 0 Å². The van der Waals surface area contributed by atoms with Crippen molar-refractivity contribution >= 4 is 0 Å². The van der Waals surface area contributed by atoms with Crippen molar-refractivity contribution in [1.82, 2.24) is 4.90 Å². The largest absolute Gasteiger partial charge is 0.299 e. The maximum absolute atomic E-state index is 2.56. The van der Waals surface area contributed by atoms with Crippen LogP contribution in [-0.4, -0.2) is 18.0 Å². The Morgan fingerprint density at radius 2 is 1.42 bits per heavy atom. The zero-order chi connectivity index (χ0) is 13.8. The van der Waals surface area contributed by atoms with Gasteiger partial charge in [-0.3, -0.25) is 4.90 Å². The minimum absolute atomic E-state index is 1.10. The van der Waals surface area contributed by atoms with E-state index >= 15 is 0 Å². The zero-order valence-corrected chi connectivity index (χ0v) is 12.9. The van der Waals surface area contributed by atoms with Gasteiger partial charge < -0.3 is 0 Å². The minimum Gasteiger partial charge on any atom is -0.299 e. The van der Waals surface area contributed by atoms with Crippen molar-refractivity contribution in [2.24, 2.45) is 0 Å². The molecule has 0 heterocycles. The van der Waals surface area contributed by atoms with Crippen LogP contribution in [0.1, 0.15) is 64.4 Å². The fourth-order valence-corrected chi connectivity index (χ4v) is 2.48. The molecule has 0 N–H and O–H groups in total. The summed E-state index contributed by atoms with van der Waals surface area (Å²) in [6.45, 7) is 8.06. The smallest absolute Gasteiger partial charge is 0.0233 e. The maximum Gasteiger partial charge on any atom is 0.0233 e. The zero-order valence-electron chi connectivity index (χ0n) is 12.9. The lowest BCUT2D eigenvalue weighted by Crippen LogP contribution is -2.23. The molecule has 0 spiro atoms. The number of benzene rings is 1. The number of unbranched alkanes of at least 4 members (excludes halogenated alkanes) is 6. The molecular formula is C18H31N. The molecule has 1 rings (SSSR count). The molecule has 0 aliphatic carbocycles. The van der Waals surface area contributed by atoms with Gasteiger partial charge in [-0.15, -0.1) is 0 Å². The molecule has 0 atom stereocenters.